The number of hydrogen-bond acceptors (Lipinski definition) is 18. The zero-order valence-corrected chi connectivity index (χ0v) is 70.0. The molecule has 13 heterocycles. The highest BCUT2D eigenvalue weighted by molar-refractivity contribution is 9.10. The second-order valence-electron chi connectivity index (χ2n) is 32.0. The number of ether oxygens (including phenoxy) is 3. The number of nitrogen functional groups attached to an aromatic ring is 1. The maximum atomic E-state index is 13.9. The van der Waals surface area contributed by atoms with Crippen LogP contribution in [0.2, 0.25) is 0 Å². The number of benzene rings is 4. The summed E-state index contributed by atoms with van der Waals surface area (Å²) in [6, 6.07) is 35.7. The highest BCUT2D eigenvalue weighted by Gasteiger charge is 2.28. The molecule has 5 aliphatic rings. The molecule has 17 rings (SSSR count). The number of aryl methyl sites for hydroxylation is 6. The van der Waals surface area contributed by atoms with Gasteiger partial charge in [-0.15, -0.1) is 4.98 Å². The van der Waals surface area contributed by atoms with Crippen LogP contribution in [-0.2, 0) is 33.5 Å². The number of fused-ring (bicyclic) bond motifs is 3. The van der Waals surface area contributed by atoms with Crippen molar-refractivity contribution in [1.29, 1.82) is 0 Å². The molecular weight excluding hydrogens is 1550 g/mol. The van der Waals surface area contributed by atoms with Crippen LogP contribution < -0.4 is 26.7 Å². The predicted molar refractivity (Wildman–Crippen MR) is 468 cm³/mol. The second-order valence-corrected chi connectivity index (χ2v) is 32.9. The molecule has 0 amide bonds. The molecule has 118 heavy (non-hydrogen) atoms. The molecule has 0 aliphatic carbocycles. The van der Waals surface area contributed by atoms with Gasteiger partial charge in [0.05, 0.1) is 0 Å². The first-order valence-corrected chi connectivity index (χ1v) is 42.1. The molecular formula is C93H103BrN16O8. The summed E-state index contributed by atoms with van der Waals surface area (Å²) < 4.78 is 24.6. The molecule has 0 unspecified atom stereocenters. The minimum Gasteiger partial charge on any atom is -0.398 e. The van der Waals surface area contributed by atoms with Crippen LogP contribution in [0.25, 0.3) is 70.9 Å². The lowest BCUT2D eigenvalue weighted by atomic mass is 9.95. The normalized spacial score (nSPS) is 16.1. The molecule has 0 bridgehead atoms. The monoisotopic (exact) mass is 1650 g/mol. The van der Waals surface area contributed by atoms with E-state index in [-0.39, 0.29) is 41.3 Å². The second kappa shape index (κ2) is 36.8. The number of likely N-dealkylation sites (N-methyl/N-ethyl adjacent to an activating group) is 2. The SMILES string of the molecule is Cc1cc(Br)c(N)c(CCC(=O)c2cc(-c3ccc(N4CCN(C)CC4)nc3)cc3c2ccn3C2CCOCC2)c1.Cc1nc(C)c(CCC(=O)c2cc(-c3ccc(N4CCN(C)CC4)nc3)cc3c2ccn3C2CCOCC2)c(=O)[nH]1.[C-]#[N+]c1ccc(-c2cc(C(=O)CCc3c(C)nc(C)[nH]c3=O)c3ccn(C4CCOCC4)c3c2)cn1. The highest BCUT2D eigenvalue weighted by Crippen LogP contribution is 2.39. The average Bonchev–Trinajstić information content (AvgIpc) is 1.61. The van der Waals surface area contributed by atoms with Crippen LogP contribution in [0.4, 0.5) is 23.1 Å². The van der Waals surface area contributed by atoms with E-state index in [2.05, 4.69) is 178 Å². The van der Waals surface area contributed by atoms with Gasteiger partial charge in [-0.3, -0.25) is 24.0 Å². The van der Waals surface area contributed by atoms with Gasteiger partial charge in [0.1, 0.15) is 29.5 Å². The molecule has 0 saturated carbocycles. The molecule has 610 valence electrons. The number of pyridine rings is 3. The van der Waals surface area contributed by atoms with E-state index >= 15 is 0 Å². The smallest absolute Gasteiger partial charge is 0.269 e. The Hall–Kier alpha value is -11.1. The van der Waals surface area contributed by atoms with Gasteiger partial charge in [0.2, 0.25) is 0 Å². The molecule has 25 heteroatoms. The van der Waals surface area contributed by atoms with E-state index < -0.39 is 0 Å². The van der Waals surface area contributed by atoms with Crippen LogP contribution in [0, 0.1) is 41.2 Å². The van der Waals surface area contributed by atoms with E-state index in [9.17, 15) is 24.0 Å². The molecule has 0 radical (unpaired) electrons. The lowest BCUT2D eigenvalue weighted by molar-refractivity contribution is 0.0706. The number of carbonyl (C=O) groups is 3. The zero-order valence-electron chi connectivity index (χ0n) is 68.4. The topological polar surface area (TPSA) is 267 Å². The number of piperazine rings is 2. The Labute approximate surface area is 695 Å². The molecule has 4 aromatic carbocycles. The van der Waals surface area contributed by atoms with E-state index in [1.165, 1.54) is 0 Å². The molecule has 0 spiro atoms. The number of aromatic amines is 2. The summed E-state index contributed by atoms with van der Waals surface area (Å²) in [5, 5.41) is 2.85. The number of nitrogens with zero attached hydrogens (tertiary/aromatic N) is 13. The molecule has 5 saturated heterocycles. The summed E-state index contributed by atoms with van der Waals surface area (Å²) in [6.07, 6.45) is 19.6. The van der Waals surface area contributed by atoms with Crippen LogP contribution >= 0.6 is 15.9 Å². The largest absolute Gasteiger partial charge is 0.398 e. The third kappa shape index (κ3) is 18.6. The van der Waals surface area contributed by atoms with Crippen molar-refractivity contribution in [3.05, 3.63) is 239 Å². The number of ketones is 3. The molecule has 0 atom stereocenters. The lowest BCUT2D eigenvalue weighted by Crippen LogP contribution is -2.44. The Morgan fingerprint density at radius 3 is 1.18 bits per heavy atom. The standard InChI is InChI=1S/C33H38BrN5O2.C32H38N6O3.C28H27N5O3/c1-22-17-23(33(35)29(34)18-22)3-5-31(40)28-19-25(20-30-27(28)7-10-39(30)26-8-15-41-16-9-26)24-4-6-32(36-21-24)38-13-11-37(2)12-14-38;1-21-26(32(40)35-22(2)34-21)5-6-30(39)28-18-24(19-29-27(28)8-11-38(29)25-9-16-41-17-10-25)23-4-7-31(33-20-23)37-14-12-36(3)13-15-37;1-17-22(28(35)32-18(2)31-17)5-6-26(34)24-14-20(19-4-7-27(29-3)30-16-19)15-25-23(24)8-11-33(25)21-9-12-36-13-10-21/h4,6-7,10,17-21,26H,3,5,8-9,11-16,35H2,1-2H3;4,7-8,11,18-20,25H,5-6,9-10,12-17H2,1-3H3,(H,34,35,40);4,7-8,11,14-16,21H,5-6,9-10,12-13H2,1-2H3,(H,31,32,35). The summed E-state index contributed by atoms with van der Waals surface area (Å²) >= 11 is 3.56. The van der Waals surface area contributed by atoms with Crippen LogP contribution in [0.5, 0.6) is 0 Å². The molecule has 24 nitrogen and oxygen atoms in total. The molecule has 5 fully saturated rings. The van der Waals surface area contributed by atoms with Crippen molar-refractivity contribution in [2.24, 2.45) is 0 Å². The molecule has 4 N–H and O–H groups in total. The first kappa shape index (κ1) is 82.0. The van der Waals surface area contributed by atoms with Crippen molar-refractivity contribution >= 4 is 89.1 Å². The first-order chi connectivity index (χ1) is 57.2. The van der Waals surface area contributed by atoms with Crippen molar-refractivity contribution in [2.45, 2.75) is 130 Å². The lowest BCUT2D eigenvalue weighted by Gasteiger charge is -2.33. The van der Waals surface area contributed by atoms with Gasteiger partial charge in [-0.25, -0.2) is 19.9 Å². The third-order valence-corrected chi connectivity index (χ3v) is 24.7. The Morgan fingerprint density at radius 2 is 0.839 bits per heavy atom. The van der Waals surface area contributed by atoms with Gasteiger partial charge in [-0.2, -0.15) is 0 Å². The van der Waals surface area contributed by atoms with Gasteiger partial charge >= 0.3 is 0 Å². The van der Waals surface area contributed by atoms with Crippen molar-refractivity contribution in [1.82, 2.24) is 58.4 Å². The number of H-pyrrole nitrogens is 2. The highest BCUT2D eigenvalue weighted by atomic mass is 79.9. The predicted octanol–water partition coefficient (Wildman–Crippen LogP) is 15.7. The summed E-state index contributed by atoms with van der Waals surface area (Å²) in [6.45, 7) is 28.8. The first-order valence-electron chi connectivity index (χ1n) is 41.3. The van der Waals surface area contributed by atoms with E-state index in [0.29, 0.717) is 101 Å². The number of aromatic nitrogens is 10. The fraction of sp³-hybridized carbons (Fsp3) is 0.387. The number of nitrogens with one attached hydrogen (secondary N) is 2. The van der Waals surface area contributed by atoms with Gasteiger partial charge in [0.15, 0.2) is 17.3 Å². The van der Waals surface area contributed by atoms with Crippen LogP contribution in [0.15, 0.2) is 154 Å². The number of halogens is 1. The summed E-state index contributed by atoms with van der Waals surface area (Å²) in [5.74, 6) is 3.58. The number of anilines is 3. The molecule has 5 aliphatic heterocycles. The van der Waals surface area contributed by atoms with E-state index in [1.807, 2.05) is 56.6 Å². The Morgan fingerprint density at radius 1 is 0.475 bits per heavy atom. The summed E-state index contributed by atoms with van der Waals surface area (Å²) in [7, 11) is 4.31. The summed E-state index contributed by atoms with van der Waals surface area (Å²) in [4.78, 5) is 107. The minimum atomic E-state index is -0.191. The van der Waals surface area contributed by atoms with Gasteiger partial charge in [0.25, 0.3) is 16.9 Å². The van der Waals surface area contributed by atoms with E-state index in [4.69, 9.17) is 36.5 Å². The Bertz CT molecular complexity index is 5830. The van der Waals surface area contributed by atoms with E-state index in [1.54, 1.807) is 33.0 Å². The van der Waals surface area contributed by atoms with Crippen LogP contribution in [0.3, 0.4) is 0 Å². The fourth-order valence-corrected chi connectivity index (χ4v) is 17.9. The van der Waals surface area contributed by atoms with Gasteiger partial charge in [-0.1, -0.05) is 18.7 Å². The number of carbonyl (C=O) groups excluding carboxylic acids is 3. The number of nitrogens with two attached hydrogens (primary N) is 1. The number of rotatable bonds is 20. The van der Waals surface area contributed by atoms with Crippen LogP contribution in [0.1, 0.15) is 152 Å². The third-order valence-electron chi connectivity index (χ3n) is 24.0. The zero-order chi connectivity index (χ0) is 82.3. The van der Waals surface area contributed by atoms with Crippen molar-refractivity contribution in [3.8, 4) is 33.4 Å². The quantitative estimate of drug-likeness (QED) is 0.0363. The average molecular weight is 1650 g/mol. The van der Waals surface area contributed by atoms with Gasteiger partial charge < -0.3 is 68.1 Å². The van der Waals surface area contributed by atoms with Crippen molar-refractivity contribution < 1.29 is 28.6 Å². The number of Topliss-reactive ketones (excluding diaryl/α,β-unsaturated/α-hetero) is 3. The van der Waals surface area contributed by atoms with Gasteiger partial charge in [0, 0.05) is 259 Å². The van der Waals surface area contributed by atoms with Crippen LogP contribution in [-0.4, -0.2) is 182 Å². The minimum absolute atomic E-state index is 0.0166. The van der Waals surface area contributed by atoms with E-state index in [0.717, 1.165) is 229 Å². The number of hydrogen-bond donors (Lipinski definition) is 3. The van der Waals surface area contributed by atoms with Gasteiger partial charge in [-0.05, 0) is 241 Å². The fourth-order valence-electron chi connectivity index (χ4n) is 17.3. The summed E-state index contributed by atoms with van der Waals surface area (Å²) in [5.41, 5.74) is 22.1. The molecule has 12 aromatic rings. The molecule has 8 aromatic heterocycles. The van der Waals surface area contributed by atoms with Crippen molar-refractivity contribution in [3.63, 3.8) is 0 Å². The maximum absolute atomic E-state index is 13.9. The Kier molecular flexibility index (Phi) is 25.6. The van der Waals surface area contributed by atoms with Crippen molar-refractivity contribution in [2.75, 3.05) is 122 Å². The Balaban J connectivity index is 0.000000139. The maximum Gasteiger partial charge on any atom is 0.269 e.